The predicted molar refractivity (Wildman–Crippen MR) is 103 cm³/mol. The van der Waals surface area contributed by atoms with Crippen LogP contribution in [-0.2, 0) is 16.1 Å². The van der Waals surface area contributed by atoms with Crippen molar-refractivity contribution in [3.63, 3.8) is 0 Å². The summed E-state index contributed by atoms with van der Waals surface area (Å²) in [6.45, 7) is 1.43. The molecule has 0 radical (unpaired) electrons. The topological polar surface area (TPSA) is 72.7 Å². The highest BCUT2D eigenvalue weighted by Crippen LogP contribution is 2.50. The van der Waals surface area contributed by atoms with Gasteiger partial charge in [-0.05, 0) is 28.8 Å². The molecule has 2 bridgehead atoms. The second-order valence-electron chi connectivity index (χ2n) is 7.52. The number of nitro benzene ring substituents is 1. The first-order valence-electron chi connectivity index (χ1n) is 9.24. The average Bonchev–Trinajstić information content (AvgIpc) is 3.17. The van der Waals surface area contributed by atoms with Gasteiger partial charge in [0, 0.05) is 49.3 Å². The van der Waals surface area contributed by atoms with Gasteiger partial charge in [0.25, 0.3) is 5.69 Å². The van der Waals surface area contributed by atoms with Crippen LogP contribution in [-0.4, -0.2) is 34.0 Å². The zero-order valence-corrected chi connectivity index (χ0v) is 15.1. The Labute approximate surface area is 161 Å². The Morgan fingerprint density at radius 1 is 1.14 bits per heavy atom. The van der Waals surface area contributed by atoms with E-state index in [4.69, 9.17) is 4.74 Å². The second-order valence-corrected chi connectivity index (χ2v) is 7.52. The number of esters is 1. The molecule has 140 valence electrons. The van der Waals surface area contributed by atoms with Gasteiger partial charge in [0.2, 0.25) is 0 Å². The fraction of sp³-hybridized carbons (Fsp3) is 0.227. The molecule has 6 heteroatoms. The molecule has 2 aromatic carbocycles. The first-order chi connectivity index (χ1) is 13.5. The van der Waals surface area contributed by atoms with Crippen molar-refractivity contribution in [2.75, 3.05) is 6.54 Å². The molecule has 3 aliphatic rings. The van der Waals surface area contributed by atoms with Crippen molar-refractivity contribution < 1.29 is 14.5 Å². The molecule has 2 aliphatic heterocycles. The van der Waals surface area contributed by atoms with Gasteiger partial charge in [-0.3, -0.25) is 15.0 Å². The number of non-ortho nitro benzene ring substituents is 1. The van der Waals surface area contributed by atoms with Crippen LogP contribution in [0.2, 0.25) is 0 Å². The van der Waals surface area contributed by atoms with E-state index in [1.807, 2.05) is 18.2 Å². The minimum absolute atomic E-state index is 0.0521. The molecule has 2 aromatic rings. The highest BCUT2D eigenvalue weighted by atomic mass is 16.6. The predicted octanol–water partition coefficient (Wildman–Crippen LogP) is 3.49. The number of rotatable bonds is 4. The molecule has 0 unspecified atom stereocenters. The van der Waals surface area contributed by atoms with Crippen LogP contribution in [0.25, 0.3) is 5.57 Å². The van der Waals surface area contributed by atoms with E-state index in [9.17, 15) is 14.9 Å². The molecule has 1 fully saturated rings. The lowest BCUT2D eigenvalue weighted by Crippen LogP contribution is -2.36. The number of carbonyl (C=O) groups is 1. The zero-order valence-electron chi connectivity index (χ0n) is 15.1. The summed E-state index contributed by atoms with van der Waals surface area (Å²) < 4.78 is 5.80. The van der Waals surface area contributed by atoms with Crippen LogP contribution in [0.5, 0.6) is 0 Å². The number of benzene rings is 2. The van der Waals surface area contributed by atoms with Crippen LogP contribution in [0, 0.1) is 10.1 Å². The minimum atomic E-state index is -0.623. The SMILES string of the molecule is O=C1C=C2C(c3ccc([N+](=O)[O-])cc3)=C[C@@H]3C[C@]2(CN3Cc2ccccc2)O1. The van der Waals surface area contributed by atoms with Crippen molar-refractivity contribution in [3.8, 4) is 0 Å². The van der Waals surface area contributed by atoms with Gasteiger partial charge in [0.15, 0.2) is 5.60 Å². The first-order valence-corrected chi connectivity index (χ1v) is 9.24. The molecule has 0 aromatic heterocycles. The number of carbonyl (C=O) groups excluding carboxylic acids is 1. The molecule has 0 amide bonds. The summed E-state index contributed by atoms with van der Waals surface area (Å²) in [5.74, 6) is -0.315. The van der Waals surface area contributed by atoms with Crippen LogP contribution in [0.1, 0.15) is 17.5 Å². The summed E-state index contributed by atoms with van der Waals surface area (Å²) in [6, 6.07) is 16.9. The maximum atomic E-state index is 12.1. The number of hydrogen-bond acceptors (Lipinski definition) is 5. The van der Waals surface area contributed by atoms with E-state index in [1.54, 1.807) is 18.2 Å². The smallest absolute Gasteiger partial charge is 0.332 e. The summed E-state index contributed by atoms with van der Waals surface area (Å²) in [5, 5.41) is 11.0. The lowest BCUT2D eigenvalue weighted by atomic mass is 9.79. The number of nitro groups is 1. The normalized spacial score (nSPS) is 25.7. The number of nitrogens with zero attached hydrogens (tertiary/aromatic N) is 2. The maximum Gasteiger partial charge on any atom is 0.332 e. The van der Waals surface area contributed by atoms with Gasteiger partial charge in [-0.25, -0.2) is 4.79 Å². The van der Waals surface area contributed by atoms with E-state index in [1.165, 1.54) is 17.7 Å². The fourth-order valence-electron chi connectivity index (χ4n) is 4.55. The van der Waals surface area contributed by atoms with Crippen LogP contribution in [0.3, 0.4) is 0 Å². The Balaban J connectivity index is 1.52. The zero-order chi connectivity index (χ0) is 19.3. The monoisotopic (exact) mass is 374 g/mol. The van der Waals surface area contributed by atoms with Gasteiger partial charge in [-0.15, -0.1) is 0 Å². The van der Waals surface area contributed by atoms with E-state index in [0.717, 1.165) is 29.7 Å². The third-order valence-corrected chi connectivity index (χ3v) is 5.78. The highest BCUT2D eigenvalue weighted by molar-refractivity contribution is 5.97. The number of fused-ring (bicyclic) bond motifs is 1. The lowest BCUT2D eigenvalue weighted by molar-refractivity contribution is -0.384. The van der Waals surface area contributed by atoms with Gasteiger partial charge in [-0.1, -0.05) is 36.4 Å². The highest BCUT2D eigenvalue weighted by Gasteiger charge is 2.55. The van der Waals surface area contributed by atoms with Crippen LogP contribution >= 0.6 is 0 Å². The summed E-state index contributed by atoms with van der Waals surface area (Å²) in [4.78, 5) is 25.0. The summed E-state index contributed by atoms with van der Waals surface area (Å²) in [6.07, 6.45) is 4.49. The molecule has 1 saturated heterocycles. The largest absolute Gasteiger partial charge is 0.450 e. The maximum absolute atomic E-state index is 12.1. The van der Waals surface area contributed by atoms with E-state index in [2.05, 4.69) is 23.1 Å². The lowest BCUT2D eigenvalue weighted by Gasteiger charge is -2.30. The van der Waals surface area contributed by atoms with E-state index < -0.39 is 10.5 Å². The second kappa shape index (κ2) is 6.14. The van der Waals surface area contributed by atoms with Crippen molar-refractivity contribution in [1.29, 1.82) is 0 Å². The van der Waals surface area contributed by atoms with Gasteiger partial charge in [0.1, 0.15) is 0 Å². The third-order valence-electron chi connectivity index (χ3n) is 5.78. The molecule has 5 rings (SSSR count). The van der Waals surface area contributed by atoms with Gasteiger partial charge < -0.3 is 4.74 Å². The molecular formula is C22H18N2O4. The molecule has 0 N–H and O–H groups in total. The summed E-state index contributed by atoms with van der Waals surface area (Å²) >= 11 is 0. The van der Waals surface area contributed by atoms with Gasteiger partial charge in [0.05, 0.1) is 4.92 Å². The average molecular weight is 374 g/mol. The number of likely N-dealkylation sites (tertiary alicyclic amines) is 1. The molecule has 28 heavy (non-hydrogen) atoms. The van der Waals surface area contributed by atoms with E-state index in [-0.39, 0.29) is 17.7 Å². The first kappa shape index (κ1) is 16.9. The molecule has 2 atom stereocenters. The molecule has 6 nitrogen and oxygen atoms in total. The Morgan fingerprint density at radius 3 is 2.61 bits per heavy atom. The van der Waals surface area contributed by atoms with Crippen LogP contribution < -0.4 is 0 Å². The minimum Gasteiger partial charge on any atom is -0.450 e. The standard InChI is InChI=1S/C22H18N2O4/c25-21-11-20-19(16-6-8-17(9-7-16)24(26)27)10-18-12-22(20,28-21)14-23(18)13-15-4-2-1-3-5-15/h1-11,18H,12-14H2/t18-,22-/m1/s1. The fourth-order valence-corrected chi connectivity index (χ4v) is 4.55. The van der Waals surface area contributed by atoms with E-state index in [0.29, 0.717) is 6.54 Å². The Morgan fingerprint density at radius 2 is 1.89 bits per heavy atom. The Kier molecular flexibility index (Phi) is 3.70. The quantitative estimate of drug-likeness (QED) is 0.465. The van der Waals surface area contributed by atoms with Gasteiger partial charge in [-0.2, -0.15) is 0 Å². The van der Waals surface area contributed by atoms with E-state index >= 15 is 0 Å². The van der Waals surface area contributed by atoms with Crippen molar-refractivity contribution >= 4 is 17.2 Å². The van der Waals surface area contributed by atoms with Crippen molar-refractivity contribution in [2.24, 2.45) is 0 Å². The summed E-state index contributed by atoms with van der Waals surface area (Å²) in [7, 11) is 0. The molecular weight excluding hydrogens is 356 g/mol. The molecule has 2 heterocycles. The number of hydrogen-bond donors (Lipinski definition) is 0. The van der Waals surface area contributed by atoms with Crippen LogP contribution in [0.15, 0.2) is 72.3 Å². The van der Waals surface area contributed by atoms with Gasteiger partial charge >= 0.3 is 5.97 Å². The Bertz CT molecular complexity index is 1030. The molecule has 0 saturated carbocycles. The van der Waals surface area contributed by atoms with Crippen molar-refractivity contribution in [3.05, 3.63) is 93.6 Å². The molecule has 1 aliphatic carbocycles. The summed E-state index contributed by atoms with van der Waals surface area (Å²) in [5.41, 5.74) is 3.34. The van der Waals surface area contributed by atoms with Crippen LogP contribution in [0.4, 0.5) is 5.69 Å². The molecule has 1 spiro atoms. The Hall–Kier alpha value is -3.25. The van der Waals surface area contributed by atoms with Crippen molar-refractivity contribution in [2.45, 2.75) is 24.6 Å². The van der Waals surface area contributed by atoms with Crippen molar-refractivity contribution in [1.82, 2.24) is 4.90 Å². The number of ether oxygens (including phenoxy) is 1. The third kappa shape index (κ3) is 2.65.